The molecule has 122 valence electrons. The first-order valence-corrected chi connectivity index (χ1v) is 7.41. The van der Waals surface area contributed by atoms with Crippen LogP contribution in [0.25, 0.3) is 0 Å². The molecule has 1 aromatic carbocycles. The fourth-order valence-electron chi connectivity index (χ4n) is 3.51. The lowest BCUT2D eigenvalue weighted by Crippen LogP contribution is -2.78. The van der Waals surface area contributed by atoms with Crippen molar-refractivity contribution < 1.29 is 23.9 Å². The van der Waals surface area contributed by atoms with Crippen LogP contribution in [0, 0.1) is 11.2 Å². The van der Waals surface area contributed by atoms with E-state index < -0.39 is 28.6 Å². The Morgan fingerprint density at radius 1 is 1.26 bits per heavy atom. The van der Waals surface area contributed by atoms with Crippen molar-refractivity contribution in [2.45, 2.75) is 24.8 Å². The Morgan fingerprint density at radius 3 is 2.48 bits per heavy atom. The molecule has 0 heterocycles. The highest BCUT2D eigenvalue weighted by atomic mass is 35.5. The SMILES string of the molecule is O=C(O)NC12CC(C(=O)NCC(=O)c3ccc(Cl)c(F)c3)(C1)C2. The topological polar surface area (TPSA) is 95.5 Å². The zero-order valence-corrected chi connectivity index (χ0v) is 12.7. The molecule has 3 saturated carbocycles. The van der Waals surface area contributed by atoms with Crippen molar-refractivity contribution in [1.82, 2.24) is 10.6 Å². The highest BCUT2D eigenvalue weighted by molar-refractivity contribution is 6.30. The molecule has 3 fully saturated rings. The van der Waals surface area contributed by atoms with Gasteiger partial charge in [-0.25, -0.2) is 9.18 Å². The lowest BCUT2D eigenvalue weighted by molar-refractivity contribution is -0.178. The number of carbonyl (C=O) groups excluding carboxylic acids is 2. The van der Waals surface area contributed by atoms with E-state index in [9.17, 15) is 18.8 Å². The quantitative estimate of drug-likeness (QED) is 0.714. The summed E-state index contributed by atoms with van der Waals surface area (Å²) in [6.07, 6.45) is 0.241. The minimum atomic E-state index is -1.10. The number of Topliss-reactive ketones (excluding diaryl/α,β-unsaturated/α-hetero) is 1. The van der Waals surface area contributed by atoms with Crippen molar-refractivity contribution in [3.8, 4) is 0 Å². The second-order valence-electron chi connectivity index (χ2n) is 6.26. The van der Waals surface area contributed by atoms with Crippen molar-refractivity contribution in [2.24, 2.45) is 5.41 Å². The molecule has 2 amide bonds. The van der Waals surface area contributed by atoms with Crippen LogP contribution in [-0.4, -0.2) is 35.0 Å². The van der Waals surface area contributed by atoms with Gasteiger partial charge in [-0.2, -0.15) is 0 Å². The molecule has 0 spiro atoms. The van der Waals surface area contributed by atoms with Crippen LogP contribution in [0.4, 0.5) is 9.18 Å². The van der Waals surface area contributed by atoms with E-state index in [2.05, 4.69) is 10.6 Å². The van der Waals surface area contributed by atoms with Crippen LogP contribution in [0.1, 0.15) is 29.6 Å². The van der Waals surface area contributed by atoms with Gasteiger partial charge in [-0.1, -0.05) is 11.6 Å². The largest absolute Gasteiger partial charge is 0.465 e. The van der Waals surface area contributed by atoms with Crippen LogP contribution >= 0.6 is 11.6 Å². The zero-order chi connectivity index (χ0) is 16.8. The Morgan fingerprint density at radius 2 is 1.91 bits per heavy atom. The highest BCUT2D eigenvalue weighted by Gasteiger charge is 2.72. The first-order valence-electron chi connectivity index (χ1n) is 7.03. The van der Waals surface area contributed by atoms with E-state index in [1.54, 1.807) is 0 Å². The van der Waals surface area contributed by atoms with Crippen molar-refractivity contribution in [2.75, 3.05) is 6.54 Å². The molecule has 2 bridgehead atoms. The van der Waals surface area contributed by atoms with Gasteiger partial charge in [0.2, 0.25) is 5.91 Å². The molecular weight excluding hydrogens is 327 g/mol. The number of carboxylic acid groups (broad SMARTS) is 1. The van der Waals surface area contributed by atoms with Gasteiger partial charge in [0.15, 0.2) is 5.78 Å². The summed E-state index contributed by atoms with van der Waals surface area (Å²) in [5.74, 6) is -1.38. The van der Waals surface area contributed by atoms with Gasteiger partial charge in [0.05, 0.1) is 17.0 Å². The number of nitrogens with one attached hydrogen (secondary N) is 2. The summed E-state index contributed by atoms with van der Waals surface area (Å²) in [4.78, 5) is 34.7. The van der Waals surface area contributed by atoms with E-state index in [1.807, 2.05) is 0 Å². The number of carbonyl (C=O) groups is 3. The van der Waals surface area contributed by atoms with Crippen LogP contribution in [-0.2, 0) is 4.79 Å². The monoisotopic (exact) mass is 340 g/mol. The van der Waals surface area contributed by atoms with Crippen molar-refractivity contribution in [1.29, 1.82) is 0 Å². The van der Waals surface area contributed by atoms with Crippen LogP contribution in [0.5, 0.6) is 0 Å². The molecule has 0 aromatic heterocycles. The van der Waals surface area contributed by atoms with Gasteiger partial charge in [-0.05, 0) is 37.5 Å². The third-order valence-electron chi connectivity index (χ3n) is 4.54. The summed E-state index contributed by atoms with van der Waals surface area (Å²) in [5.41, 5.74) is -0.922. The second-order valence-corrected chi connectivity index (χ2v) is 6.66. The number of halogens is 2. The molecule has 1 aromatic rings. The smallest absolute Gasteiger partial charge is 0.405 e. The molecule has 3 N–H and O–H groups in total. The molecule has 3 aliphatic carbocycles. The molecule has 23 heavy (non-hydrogen) atoms. The average molecular weight is 341 g/mol. The van der Waals surface area contributed by atoms with E-state index in [0.29, 0.717) is 19.3 Å². The van der Waals surface area contributed by atoms with Crippen molar-refractivity contribution >= 4 is 29.4 Å². The third-order valence-corrected chi connectivity index (χ3v) is 4.84. The first kappa shape index (κ1) is 15.7. The van der Waals surface area contributed by atoms with Gasteiger partial charge in [0.1, 0.15) is 5.82 Å². The summed E-state index contributed by atoms with van der Waals surface area (Å²) in [6.45, 7) is -0.235. The number of rotatable bonds is 5. The van der Waals surface area contributed by atoms with Crippen LogP contribution in [0.2, 0.25) is 5.02 Å². The third kappa shape index (κ3) is 2.65. The molecule has 8 heteroatoms. The van der Waals surface area contributed by atoms with Crippen molar-refractivity contribution in [3.63, 3.8) is 0 Å². The van der Waals surface area contributed by atoms with Gasteiger partial charge in [0, 0.05) is 11.1 Å². The lowest BCUT2D eigenvalue weighted by atomic mass is 9.39. The number of hydrogen-bond donors (Lipinski definition) is 3. The van der Waals surface area contributed by atoms with Gasteiger partial charge in [0.25, 0.3) is 0 Å². The second kappa shape index (κ2) is 5.19. The number of benzene rings is 1. The predicted molar refractivity (Wildman–Crippen MR) is 78.9 cm³/mol. The van der Waals surface area contributed by atoms with Gasteiger partial charge in [-0.15, -0.1) is 0 Å². The van der Waals surface area contributed by atoms with E-state index in [-0.39, 0.29) is 23.0 Å². The van der Waals surface area contributed by atoms with Gasteiger partial charge in [-0.3, -0.25) is 9.59 Å². The zero-order valence-electron chi connectivity index (χ0n) is 12.0. The molecule has 0 atom stereocenters. The van der Waals surface area contributed by atoms with Gasteiger partial charge >= 0.3 is 6.09 Å². The minimum Gasteiger partial charge on any atom is -0.465 e. The van der Waals surface area contributed by atoms with Crippen LogP contribution in [0.3, 0.4) is 0 Å². The Balaban J connectivity index is 1.52. The molecule has 3 aliphatic rings. The molecule has 0 radical (unpaired) electrons. The maximum atomic E-state index is 13.3. The van der Waals surface area contributed by atoms with Crippen LogP contribution in [0.15, 0.2) is 18.2 Å². The Hall–Kier alpha value is -2.15. The molecular formula is C15H14ClFN2O4. The Bertz CT molecular complexity index is 702. The average Bonchev–Trinajstić information content (AvgIpc) is 2.41. The van der Waals surface area contributed by atoms with E-state index in [0.717, 1.165) is 6.07 Å². The lowest BCUT2D eigenvalue weighted by Gasteiger charge is -2.68. The standard InChI is InChI=1S/C15H14ClFN2O4/c16-9-2-1-8(3-10(9)17)11(20)4-18-12(21)14-5-15(6-14,7-14)19-13(22)23/h1-3,19H,4-7H2,(H,18,21)(H,22,23). The summed E-state index contributed by atoms with van der Waals surface area (Å²) in [5, 5.41) is 13.6. The van der Waals surface area contributed by atoms with E-state index >= 15 is 0 Å². The molecule has 6 nitrogen and oxygen atoms in total. The Labute approximate surface area is 136 Å². The number of amides is 2. The predicted octanol–water partition coefficient (Wildman–Crippen LogP) is 1.97. The summed E-state index contributed by atoms with van der Waals surface area (Å²) >= 11 is 5.55. The number of ketones is 1. The van der Waals surface area contributed by atoms with Crippen LogP contribution < -0.4 is 10.6 Å². The number of hydrogen-bond acceptors (Lipinski definition) is 3. The first-order chi connectivity index (χ1) is 10.8. The summed E-state index contributed by atoms with van der Waals surface area (Å²) in [7, 11) is 0. The Kier molecular flexibility index (Phi) is 3.55. The minimum absolute atomic E-state index is 0.0734. The molecule has 0 unspecified atom stereocenters. The maximum Gasteiger partial charge on any atom is 0.405 e. The molecule has 0 aliphatic heterocycles. The molecule has 4 rings (SSSR count). The fraction of sp³-hybridized carbons (Fsp3) is 0.400. The fourth-order valence-corrected chi connectivity index (χ4v) is 3.63. The summed E-state index contributed by atoms with van der Waals surface area (Å²) < 4.78 is 13.3. The highest BCUT2D eigenvalue weighted by Crippen LogP contribution is 2.67. The van der Waals surface area contributed by atoms with E-state index in [4.69, 9.17) is 16.7 Å². The summed E-state index contributed by atoms with van der Waals surface area (Å²) in [6, 6.07) is 3.71. The molecule has 0 saturated heterocycles. The van der Waals surface area contributed by atoms with Gasteiger partial charge < -0.3 is 15.7 Å². The normalized spacial score (nSPS) is 27.4. The van der Waals surface area contributed by atoms with Crippen molar-refractivity contribution in [3.05, 3.63) is 34.6 Å². The maximum absolute atomic E-state index is 13.3. The van der Waals surface area contributed by atoms with E-state index in [1.165, 1.54) is 12.1 Å².